The number of nitrogens with one attached hydrogen (secondary N) is 1. The molecule has 8 heteroatoms. The van der Waals surface area contributed by atoms with Crippen LogP contribution < -0.4 is 10.9 Å². The predicted octanol–water partition coefficient (Wildman–Crippen LogP) is 1.45. The highest BCUT2D eigenvalue weighted by molar-refractivity contribution is 7.99. The van der Waals surface area contributed by atoms with Gasteiger partial charge in [0, 0.05) is 36.5 Å². The molecule has 4 rings (SSSR count). The van der Waals surface area contributed by atoms with Gasteiger partial charge in [-0.15, -0.1) is 23.1 Å². The third-order valence-corrected chi connectivity index (χ3v) is 6.91. The second-order valence-corrected chi connectivity index (χ2v) is 8.63. The molecule has 0 saturated carbocycles. The van der Waals surface area contributed by atoms with Crippen LogP contribution in [0.5, 0.6) is 0 Å². The van der Waals surface area contributed by atoms with Crippen LogP contribution in [0.2, 0.25) is 0 Å². The Hall–Kier alpha value is -1.38. The SMILES string of the molecule is O=C(CSCc1cc(=O)n2ccsc2n1)N1CC[C@@H]2CNC[C@@H]2CC1. The summed E-state index contributed by atoms with van der Waals surface area (Å²) in [4.78, 5) is 31.7. The van der Waals surface area contributed by atoms with Gasteiger partial charge in [-0.25, -0.2) is 4.98 Å². The lowest BCUT2D eigenvalue weighted by molar-refractivity contribution is -0.128. The minimum absolute atomic E-state index is 0.0548. The number of carbonyl (C=O) groups is 1. The topological polar surface area (TPSA) is 66.7 Å². The standard InChI is InChI=1S/C17H22N4O2S2/c22-15-7-14(19-17-21(15)5-6-25-17)10-24-11-16(23)20-3-1-12-8-18-9-13(12)2-4-20/h5-7,12-13,18H,1-4,8-11H2/t12-,13+. The van der Waals surface area contributed by atoms with E-state index in [1.165, 1.54) is 11.3 Å². The molecule has 0 radical (unpaired) electrons. The van der Waals surface area contributed by atoms with Crippen LogP contribution in [0.15, 0.2) is 22.4 Å². The normalized spacial score (nSPS) is 23.6. The van der Waals surface area contributed by atoms with Crippen LogP contribution in [0.1, 0.15) is 18.5 Å². The maximum atomic E-state index is 12.5. The number of aromatic nitrogens is 2. The molecule has 134 valence electrons. The second-order valence-electron chi connectivity index (χ2n) is 6.77. The third kappa shape index (κ3) is 3.75. The first-order valence-corrected chi connectivity index (χ1v) is 10.8. The summed E-state index contributed by atoms with van der Waals surface area (Å²) in [6, 6.07) is 1.57. The summed E-state index contributed by atoms with van der Waals surface area (Å²) >= 11 is 3.00. The van der Waals surface area contributed by atoms with E-state index in [2.05, 4.69) is 10.3 Å². The monoisotopic (exact) mass is 378 g/mol. The molecule has 0 spiro atoms. The van der Waals surface area contributed by atoms with E-state index >= 15 is 0 Å². The van der Waals surface area contributed by atoms with Crippen molar-refractivity contribution in [2.45, 2.75) is 18.6 Å². The van der Waals surface area contributed by atoms with E-state index in [9.17, 15) is 9.59 Å². The van der Waals surface area contributed by atoms with Gasteiger partial charge in [0.2, 0.25) is 5.91 Å². The highest BCUT2D eigenvalue weighted by atomic mass is 32.2. The summed E-state index contributed by atoms with van der Waals surface area (Å²) in [5, 5.41) is 5.32. The number of amides is 1. The van der Waals surface area contributed by atoms with Crippen molar-refractivity contribution in [1.82, 2.24) is 19.6 Å². The minimum atomic E-state index is -0.0548. The molecule has 2 aromatic heterocycles. The molecule has 2 aromatic rings. The molecule has 1 amide bonds. The third-order valence-electron chi connectivity index (χ3n) is 5.20. The maximum absolute atomic E-state index is 12.5. The van der Waals surface area contributed by atoms with E-state index in [0.29, 0.717) is 16.5 Å². The molecule has 1 N–H and O–H groups in total. The molecule has 0 bridgehead atoms. The summed E-state index contributed by atoms with van der Waals surface area (Å²) in [6.07, 6.45) is 3.96. The van der Waals surface area contributed by atoms with Gasteiger partial charge >= 0.3 is 0 Å². The van der Waals surface area contributed by atoms with Gasteiger partial charge in [-0.2, -0.15) is 0 Å². The highest BCUT2D eigenvalue weighted by Crippen LogP contribution is 2.27. The molecule has 6 nitrogen and oxygen atoms in total. The summed E-state index contributed by atoms with van der Waals surface area (Å²) in [7, 11) is 0. The van der Waals surface area contributed by atoms with Crippen LogP contribution in [-0.4, -0.2) is 52.1 Å². The number of rotatable bonds is 4. The lowest BCUT2D eigenvalue weighted by Crippen LogP contribution is -2.34. The van der Waals surface area contributed by atoms with Crippen molar-refractivity contribution in [2.24, 2.45) is 11.8 Å². The Morgan fingerprint density at radius 2 is 2.08 bits per heavy atom. The fourth-order valence-electron chi connectivity index (χ4n) is 3.76. The van der Waals surface area contributed by atoms with Crippen LogP contribution in [-0.2, 0) is 10.5 Å². The Morgan fingerprint density at radius 1 is 1.32 bits per heavy atom. The molecule has 2 fully saturated rings. The van der Waals surface area contributed by atoms with E-state index < -0.39 is 0 Å². The molecule has 0 aliphatic carbocycles. The molecule has 25 heavy (non-hydrogen) atoms. The molecular weight excluding hydrogens is 356 g/mol. The molecular formula is C17H22N4O2S2. The van der Waals surface area contributed by atoms with E-state index in [4.69, 9.17) is 0 Å². The van der Waals surface area contributed by atoms with Crippen molar-refractivity contribution in [3.8, 4) is 0 Å². The van der Waals surface area contributed by atoms with Crippen molar-refractivity contribution in [1.29, 1.82) is 0 Å². The van der Waals surface area contributed by atoms with E-state index in [1.54, 1.807) is 28.4 Å². The van der Waals surface area contributed by atoms with Gasteiger partial charge in [0.1, 0.15) is 0 Å². The lowest BCUT2D eigenvalue weighted by atomic mass is 9.92. The summed E-state index contributed by atoms with van der Waals surface area (Å²) < 4.78 is 1.55. The number of hydrogen-bond acceptors (Lipinski definition) is 6. The quantitative estimate of drug-likeness (QED) is 0.872. The number of carbonyl (C=O) groups excluding carboxylic acids is 1. The van der Waals surface area contributed by atoms with Crippen molar-refractivity contribution in [3.63, 3.8) is 0 Å². The van der Waals surface area contributed by atoms with Gasteiger partial charge in [0.15, 0.2) is 4.96 Å². The van der Waals surface area contributed by atoms with Crippen molar-refractivity contribution in [3.05, 3.63) is 33.7 Å². The fraction of sp³-hybridized carbons (Fsp3) is 0.588. The number of fused-ring (bicyclic) bond motifs is 2. The number of nitrogens with zero attached hydrogens (tertiary/aromatic N) is 3. The predicted molar refractivity (Wildman–Crippen MR) is 101 cm³/mol. The lowest BCUT2D eigenvalue weighted by Gasteiger charge is -2.20. The molecule has 0 unspecified atom stereocenters. The zero-order valence-electron chi connectivity index (χ0n) is 14.0. The van der Waals surface area contributed by atoms with Gasteiger partial charge in [-0.05, 0) is 37.8 Å². The number of hydrogen-bond donors (Lipinski definition) is 1. The van der Waals surface area contributed by atoms with Crippen LogP contribution in [0.4, 0.5) is 0 Å². The Morgan fingerprint density at radius 3 is 2.84 bits per heavy atom. The average Bonchev–Trinajstić information content (AvgIpc) is 3.20. The average molecular weight is 379 g/mol. The van der Waals surface area contributed by atoms with Crippen LogP contribution in [0.25, 0.3) is 4.96 Å². The first kappa shape index (κ1) is 17.1. The van der Waals surface area contributed by atoms with Gasteiger partial charge in [0.05, 0.1) is 11.4 Å². The Labute approximate surface area is 154 Å². The fourth-order valence-corrected chi connectivity index (χ4v) is 5.32. The second kappa shape index (κ2) is 7.47. The molecule has 4 heterocycles. The van der Waals surface area contributed by atoms with Crippen LogP contribution >= 0.6 is 23.1 Å². The Balaban J connectivity index is 1.30. The maximum Gasteiger partial charge on any atom is 0.258 e. The van der Waals surface area contributed by atoms with Crippen molar-refractivity contribution < 1.29 is 4.79 Å². The first-order chi connectivity index (χ1) is 12.2. The smallest absolute Gasteiger partial charge is 0.258 e. The molecule has 0 aromatic carbocycles. The van der Waals surface area contributed by atoms with Crippen molar-refractivity contribution >= 4 is 34.0 Å². The number of likely N-dealkylation sites (tertiary alicyclic amines) is 1. The van der Waals surface area contributed by atoms with Gasteiger partial charge in [0.25, 0.3) is 5.56 Å². The van der Waals surface area contributed by atoms with E-state index in [-0.39, 0.29) is 11.5 Å². The zero-order chi connectivity index (χ0) is 17.2. The summed E-state index contributed by atoms with van der Waals surface area (Å²) in [5.41, 5.74) is 0.697. The van der Waals surface area contributed by atoms with Crippen molar-refractivity contribution in [2.75, 3.05) is 31.9 Å². The molecule has 2 atom stereocenters. The zero-order valence-corrected chi connectivity index (χ0v) is 15.7. The van der Waals surface area contributed by atoms with Gasteiger partial charge in [-0.1, -0.05) is 0 Å². The first-order valence-electron chi connectivity index (χ1n) is 8.73. The largest absolute Gasteiger partial charge is 0.342 e. The molecule has 2 saturated heterocycles. The van der Waals surface area contributed by atoms with Crippen LogP contribution in [0.3, 0.4) is 0 Å². The number of thioether (sulfide) groups is 1. The Kier molecular flexibility index (Phi) is 5.10. The van der Waals surface area contributed by atoms with Gasteiger partial charge in [-0.3, -0.25) is 14.0 Å². The number of thiazole rings is 1. The van der Waals surface area contributed by atoms with Gasteiger partial charge < -0.3 is 10.2 Å². The van der Waals surface area contributed by atoms with E-state index in [0.717, 1.165) is 56.6 Å². The molecule has 2 aliphatic rings. The highest BCUT2D eigenvalue weighted by Gasteiger charge is 2.31. The molecule has 2 aliphatic heterocycles. The summed E-state index contributed by atoms with van der Waals surface area (Å²) in [6.45, 7) is 3.97. The Bertz CT molecular complexity index is 804. The van der Waals surface area contributed by atoms with Crippen LogP contribution in [0, 0.1) is 11.8 Å². The van der Waals surface area contributed by atoms with E-state index in [1.807, 2.05) is 10.3 Å². The summed E-state index contributed by atoms with van der Waals surface area (Å²) in [5.74, 6) is 2.74. The minimum Gasteiger partial charge on any atom is -0.342 e.